The Morgan fingerprint density at radius 3 is 2.52 bits per heavy atom. The number of ether oxygens (including phenoxy) is 2. The molecule has 5 nitrogen and oxygen atoms in total. The summed E-state index contributed by atoms with van der Waals surface area (Å²) in [5.74, 6) is 0.893. The van der Waals surface area contributed by atoms with Crippen molar-refractivity contribution in [2.75, 3.05) is 14.2 Å². The predicted molar refractivity (Wildman–Crippen MR) is 107 cm³/mol. The van der Waals surface area contributed by atoms with Gasteiger partial charge in [0.2, 0.25) is 0 Å². The highest BCUT2D eigenvalue weighted by atomic mass is 35.5. The first-order valence-corrected chi connectivity index (χ1v) is 9.06. The summed E-state index contributed by atoms with van der Waals surface area (Å²) in [6, 6.07) is 8.69. The minimum absolute atomic E-state index is 0.136. The third-order valence-corrected chi connectivity index (χ3v) is 5.46. The number of aliphatic imine (C=N–C) groups is 1. The first kappa shape index (κ1) is 17.9. The smallest absolute Gasteiger partial charge is 0.260 e. The molecular formula is C20H16Cl2N2O3. The SMILES string of the molecule is COc1cc2c(cc1OC)C(=O)N1C=C(c3ccc(Cl)c(Cl)c3)C[C@H]1C=N2. The number of fused-ring (bicyclic) bond motifs is 2. The minimum atomic E-state index is -0.161. The Morgan fingerprint density at radius 2 is 1.81 bits per heavy atom. The van der Waals surface area contributed by atoms with Crippen molar-refractivity contribution in [3.05, 3.63) is 57.7 Å². The molecule has 0 aromatic heterocycles. The van der Waals surface area contributed by atoms with Crippen molar-refractivity contribution in [3.63, 3.8) is 0 Å². The molecule has 0 saturated carbocycles. The van der Waals surface area contributed by atoms with Crippen LogP contribution in [0.25, 0.3) is 5.57 Å². The minimum Gasteiger partial charge on any atom is -0.493 e. The number of hydrogen-bond donors (Lipinski definition) is 0. The maximum absolute atomic E-state index is 13.1. The summed E-state index contributed by atoms with van der Waals surface area (Å²) in [7, 11) is 3.09. The molecule has 2 aromatic rings. The van der Waals surface area contributed by atoms with Crippen LogP contribution in [0.3, 0.4) is 0 Å². The van der Waals surface area contributed by atoms with Gasteiger partial charge in [0.25, 0.3) is 5.91 Å². The second-order valence-electron chi connectivity index (χ2n) is 6.27. The van der Waals surface area contributed by atoms with E-state index in [1.54, 1.807) is 36.4 Å². The highest BCUT2D eigenvalue weighted by molar-refractivity contribution is 6.42. The lowest BCUT2D eigenvalue weighted by Crippen LogP contribution is -2.32. The van der Waals surface area contributed by atoms with Crippen molar-refractivity contribution in [2.24, 2.45) is 4.99 Å². The number of rotatable bonds is 3. The Bertz CT molecular complexity index is 1000. The summed E-state index contributed by atoms with van der Waals surface area (Å²) in [4.78, 5) is 19.4. The highest BCUT2D eigenvalue weighted by Gasteiger charge is 2.33. The van der Waals surface area contributed by atoms with Gasteiger partial charge in [-0.2, -0.15) is 0 Å². The molecule has 0 N–H and O–H groups in total. The van der Waals surface area contributed by atoms with Crippen LogP contribution in [0.15, 0.2) is 41.5 Å². The summed E-state index contributed by atoms with van der Waals surface area (Å²) in [6.45, 7) is 0. The zero-order valence-electron chi connectivity index (χ0n) is 14.7. The molecule has 138 valence electrons. The van der Waals surface area contributed by atoms with Gasteiger partial charge in [-0.3, -0.25) is 9.79 Å². The van der Waals surface area contributed by atoms with Gasteiger partial charge in [0.1, 0.15) is 0 Å². The van der Waals surface area contributed by atoms with E-state index in [0.717, 1.165) is 11.1 Å². The maximum atomic E-state index is 13.1. The van der Waals surface area contributed by atoms with Crippen LogP contribution in [-0.4, -0.2) is 37.3 Å². The molecule has 2 aliphatic rings. The number of amides is 1. The number of nitrogens with zero attached hydrogens (tertiary/aromatic N) is 2. The molecule has 0 radical (unpaired) electrons. The van der Waals surface area contributed by atoms with Crippen LogP contribution in [0.2, 0.25) is 10.0 Å². The molecule has 7 heteroatoms. The Balaban J connectivity index is 1.73. The quantitative estimate of drug-likeness (QED) is 0.726. The van der Waals surface area contributed by atoms with E-state index in [1.165, 1.54) is 7.11 Å². The van der Waals surface area contributed by atoms with Crippen molar-refractivity contribution < 1.29 is 14.3 Å². The van der Waals surface area contributed by atoms with Crippen LogP contribution in [0.1, 0.15) is 22.3 Å². The largest absolute Gasteiger partial charge is 0.493 e. The normalized spacial score (nSPS) is 17.9. The zero-order valence-corrected chi connectivity index (χ0v) is 16.2. The Morgan fingerprint density at radius 1 is 1.07 bits per heavy atom. The van der Waals surface area contributed by atoms with Gasteiger partial charge in [0.05, 0.1) is 41.6 Å². The number of methoxy groups -OCH3 is 2. The molecule has 0 unspecified atom stereocenters. The molecular weight excluding hydrogens is 387 g/mol. The van der Waals surface area contributed by atoms with Crippen LogP contribution in [0, 0.1) is 0 Å². The fourth-order valence-electron chi connectivity index (χ4n) is 3.31. The van der Waals surface area contributed by atoms with Crippen molar-refractivity contribution >= 4 is 46.6 Å². The van der Waals surface area contributed by atoms with Crippen molar-refractivity contribution in [1.29, 1.82) is 0 Å². The molecule has 2 aliphatic heterocycles. The van der Waals surface area contributed by atoms with E-state index in [0.29, 0.717) is 39.2 Å². The van der Waals surface area contributed by atoms with Gasteiger partial charge in [-0.25, -0.2) is 0 Å². The van der Waals surface area contributed by atoms with E-state index in [2.05, 4.69) is 4.99 Å². The molecule has 0 spiro atoms. The van der Waals surface area contributed by atoms with Crippen molar-refractivity contribution in [2.45, 2.75) is 12.5 Å². The van der Waals surface area contributed by atoms with Crippen LogP contribution >= 0.6 is 23.2 Å². The molecule has 0 bridgehead atoms. The fraction of sp³-hybridized carbons (Fsp3) is 0.200. The Kier molecular flexibility index (Phi) is 4.58. The van der Waals surface area contributed by atoms with Crippen LogP contribution in [0.4, 0.5) is 5.69 Å². The lowest BCUT2D eigenvalue weighted by molar-refractivity contribution is 0.0817. The Labute approximate surface area is 166 Å². The van der Waals surface area contributed by atoms with Crippen LogP contribution in [-0.2, 0) is 0 Å². The standard InChI is InChI=1S/C20H16Cl2N2O3/c1-26-18-7-14-17(8-19(18)27-2)23-9-13-5-12(10-24(13)20(14)25)11-3-4-15(21)16(22)6-11/h3-4,6-10,13H,5H2,1-2H3/t13-/m0/s1. The molecule has 0 saturated heterocycles. The summed E-state index contributed by atoms with van der Waals surface area (Å²) in [6.07, 6.45) is 4.29. The topological polar surface area (TPSA) is 51.1 Å². The number of halogens is 2. The average molecular weight is 403 g/mol. The number of carbonyl (C=O) groups excluding carboxylic acids is 1. The van der Waals surface area contributed by atoms with Gasteiger partial charge in [0, 0.05) is 24.9 Å². The molecule has 0 fully saturated rings. The van der Waals surface area contributed by atoms with Gasteiger partial charge in [0.15, 0.2) is 11.5 Å². The molecule has 4 rings (SSSR count). The monoisotopic (exact) mass is 402 g/mol. The van der Waals surface area contributed by atoms with Crippen LogP contribution < -0.4 is 9.47 Å². The first-order chi connectivity index (χ1) is 13.0. The second-order valence-corrected chi connectivity index (χ2v) is 7.08. The highest BCUT2D eigenvalue weighted by Crippen LogP contribution is 2.40. The third-order valence-electron chi connectivity index (χ3n) is 4.72. The van der Waals surface area contributed by atoms with Gasteiger partial charge in [-0.1, -0.05) is 29.3 Å². The summed E-state index contributed by atoms with van der Waals surface area (Å²) in [5, 5.41) is 0.987. The second kappa shape index (κ2) is 6.91. The molecule has 1 amide bonds. The van der Waals surface area contributed by atoms with Crippen LogP contribution in [0.5, 0.6) is 11.5 Å². The molecule has 2 heterocycles. The molecule has 27 heavy (non-hydrogen) atoms. The number of hydrogen-bond acceptors (Lipinski definition) is 4. The van der Waals surface area contributed by atoms with E-state index >= 15 is 0 Å². The summed E-state index contributed by atoms with van der Waals surface area (Å²) >= 11 is 12.1. The van der Waals surface area contributed by atoms with Crippen molar-refractivity contribution in [1.82, 2.24) is 4.90 Å². The zero-order chi connectivity index (χ0) is 19.1. The maximum Gasteiger partial charge on any atom is 0.260 e. The third kappa shape index (κ3) is 3.07. The molecule has 0 aliphatic carbocycles. The number of benzene rings is 2. The van der Waals surface area contributed by atoms with E-state index in [9.17, 15) is 4.79 Å². The lowest BCUT2D eigenvalue weighted by atomic mass is 10.0. The molecule has 1 atom stereocenters. The lowest BCUT2D eigenvalue weighted by Gasteiger charge is -2.18. The Hall–Kier alpha value is -2.50. The van der Waals surface area contributed by atoms with Gasteiger partial charge in [-0.15, -0.1) is 0 Å². The van der Waals surface area contributed by atoms with Crippen molar-refractivity contribution in [3.8, 4) is 11.5 Å². The van der Waals surface area contributed by atoms with E-state index in [4.69, 9.17) is 32.7 Å². The van der Waals surface area contributed by atoms with E-state index in [1.807, 2.05) is 18.3 Å². The first-order valence-electron chi connectivity index (χ1n) is 8.31. The van der Waals surface area contributed by atoms with Gasteiger partial charge < -0.3 is 14.4 Å². The average Bonchev–Trinajstić information content (AvgIpc) is 3.06. The summed E-state index contributed by atoms with van der Waals surface area (Å²) < 4.78 is 10.6. The van der Waals surface area contributed by atoms with E-state index < -0.39 is 0 Å². The van der Waals surface area contributed by atoms with Gasteiger partial charge >= 0.3 is 0 Å². The molecule has 2 aromatic carbocycles. The van der Waals surface area contributed by atoms with E-state index in [-0.39, 0.29) is 11.9 Å². The predicted octanol–water partition coefficient (Wildman–Crippen LogP) is 4.98. The van der Waals surface area contributed by atoms with Gasteiger partial charge in [-0.05, 0) is 29.3 Å². The number of carbonyl (C=O) groups is 1. The summed E-state index contributed by atoms with van der Waals surface area (Å²) in [5.41, 5.74) is 2.98. The fourth-order valence-corrected chi connectivity index (χ4v) is 3.61.